The van der Waals surface area contributed by atoms with Gasteiger partial charge in [0.15, 0.2) is 5.78 Å². The summed E-state index contributed by atoms with van der Waals surface area (Å²) in [5.74, 6) is 1.58. The Kier molecular flexibility index (Phi) is 5.69. The van der Waals surface area contributed by atoms with Gasteiger partial charge in [0.05, 0.1) is 12.2 Å². The topological polar surface area (TPSA) is 75.1 Å². The number of ether oxygens (including phenoxy) is 1. The third kappa shape index (κ3) is 4.47. The number of allylic oxidation sites excluding steroid dienone is 1. The Morgan fingerprint density at radius 3 is 2.71 bits per heavy atom. The lowest BCUT2D eigenvalue weighted by atomic mass is 9.90. The van der Waals surface area contributed by atoms with E-state index in [9.17, 15) is 9.59 Å². The maximum Gasteiger partial charge on any atom is 0.225 e. The number of Topliss-reactive ketones (excluding diaryl/α,β-unsaturated/α-hetero) is 1. The predicted molar refractivity (Wildman–Crippen MR) is 117 cm³/mol. The van der Waals surface area contributed by atoms with E-state index in [1.807, 2.05) is 17.2 Å². The van der Waals surface area contributed by atoms with E-state index in [1.54, 1.807) is 6.21 Å². The molecular formula is C23H27ClN4O3. The normalized spacial score (nSPS) is 24.8. The first-order valence-electron chi connectivity index (χ1n) is 11.2. The number of aromatic nitrogens is 1. The van der Waals surface area contributed by atoms with E-state index in [0.717, 1.165) is 51.7 Å². The third-order valence-corrected chi connectivity index (χ3v) is 7.06. The highest BCUT2D eigenvalue weighted by atomic mass is 35.5. The van der Waals surface area contributed by atoms with Crippen LogP contribution >= 0.6 is 11.6 Å². The van der Waals surface area contributed by atoms with E-state index in [1.165, 1.54) is 5.56 Å². The van der Waals surface area contributed by atoms with Crippen molar-refractivity contribution in [2.24, 2.45) is 10.9 Å². The van der Waals surface area contributed by atoms with Gasteiger partial charge in [0, 0.05) is 50.5 Å². The summed E-state index contributed by atoms with van der Waals surface area (Å²) in [6.07, 6.45) is 8.42. The SMILES string of the molecule is O=C1CN=CC(N2CC[C@@H](Oc3cc(C4CCN(C(=O)C5CC5)CC4)ccn3)C2)=C1Cl. The van der Waals surface area contributed by atoms with E-state index >= 15 is 0 Å². The summed E-state index contributed by atoms with van der Waals surface area (Å²) >= 11 is 6.20. The number of aliphatic imine (C=N–C) groups is 1. The molecule has 1 saturated carbocycles. The highest BCUT2D eigenvalue weighted by molar-refractivity contribution is 6.44. The minimum absolute atomic E-state index is 0.0110. The number of piperidine rings is 1. The highest BCUT2D eigenvalue weighted by Gasteiger charge is 2.35. The fourth-order valence-corrected chi connectivity index (χ4v) is 4.91. The molecule has 3 fully saturated rings. The van der Waals surface area contributed by atoms with Crippen molar-refractivity contribution in [1.82, 2.24) is 14.8 Å². The van der Waals surface area contributed by atoms with E-state index in [2.05, 4.69) is 20.9 Å². The third-order valence-electron chi connectivity index (χ3n) is 6.65. The van der Waals surface area contributed by atoms with E-state index < -0.39 is 0 Å². The van der Waals surface area contributed by atoms with Gasteiger partial charge >= 0.3 is 0 Å². The Labute approximate surface area is 187 Å². The molecule has 1 aromatic heterocycles. The largest absolute Gasteiger partial charge is 0.472 e. The summed E-state index contributed by atoms with van der Waals surface area (Å²) in [6.45, 7) is 3.22. The number of pyridine rings is 1. The lowest BCUT2D eigenvalue weighted by Crippen LogP contribution is -2.38. The maximum absolute atomic E-state index is 12.3. The van der Waals surface area contributed by atoms with Crippen molar-refractivity contribution in [3.8, 4) is 5.88 Å². The van der Waals surface area contributed by atoms with Crippen LogP contribution in [0.15, 0.2) is 34.1 Å². The predicted octanol–water partition coefficient (Wildman–Crippen LogP) is 2.75. The first-order valence-corrected chi connectivity index (χ1v) is 11.6. The second-order valence-corrected chi connectivity index (χ2v) is 9.25. The van der Waals surface area contributed by atoms with Crippen LogP contribution in [0.2, 0.25) is 0 Å². The zero-order valence-electron chi connectivity index (χ0n) is 17.5. The molecule has 0 radical (unpaired) electrons. The zero-order chi connectivity index (χ0) is 21.4. The van der Waals surface area contributed by atoms with Crippen LogP contribution in [-0.4, -0.2) is 71.5 Å². The van der Waals surface area contributed by atoms with Gasteiger partial charge in [-0.15, -0.1) is 0 Å². The van der Waals surface area contributed by atoms with Crippen LogP contribution in [0.4, 0.5) is 0 Å². The molecule has 2 saturated heterocycles. The average molecular weight is 443 g/mol. The standard InChI is InChI=1S/C23H27ClN4O3/c24-22-19(12-25-13-20(22)29)28-10-6-18(14-28)31-21-11-17(3-7-26-21)15-4-8-27(9-5-15)23(30)16-1-2-16/h3,7,11-12,15-16,18H,1-2,4-6,8-10,13-14H2/t18-/m1/s1. The molecule has 1 aromatic rings. The van der Waals surface area contributed by atoms with Crippen molar-refractivity contribution in [3.63, 3.8) is 0 Å². The first kappa shape index (κ1) is 20.5. The number of hydrogen-bond acceptors (Lipinski definition) is 6. The summed E-state index contributed by atoms with van der Waals surface area (Å²) in [4.78, 5) is 36.7. The van der Waals surface area contributed by atoms with Crippen molar-refractivity contribution in [2.45, 2.75) is 44.1 Å². The highest BCUT2D eigenvalue weighted by Crippen LogP contribution is 2.35. The van der Waals surface area contributed by atoms with E-state index in [4.69, 9.17) is 16.3 Å². The monoisotopic (exact) mass is 442 g/mol. The Hall–Kier alpha value is -2.41. The Morgan fingerprint density at radius 1 is 1.13 bits per heavy atom. The molecule has 0 unspecified atom stereocenters. The molecule has 0 aromatic carbocycles. The second-order valence-electron chi connectivity index (χ2n) is 8.87. The van der Waals surface area contributed by atoms with E-state index in [0.29, 0.717) is 35.9 Å². The Morgan fingerprint density at radius 2 is 1.94 bits per heavy atom. The minimum Gasteiger partial charge on any atom is -0.472 e. The number of dihydropyridines is 1. The van der Waals surface area contributed by atoms with Crippen LogP contribution in [0.1, 0.15) is 43.6 Å². The molecule has 1 amide bonds. The number of rotatable bonds is 5. The Bertz CT molecular complexity index is 935. The molecule has 3 aliphatic heterocycles. The van der Waals surface area contributed by atoms with Crippen molar-refractivity contribution in [1.29, 1.82) is 0 Å². The van der Waals surface area contributed by atoms with Gasteiger partial charge in [-0.05, 0) is 43.2 Å². The zero-order valence-corrected chi connectivity index (χ0v) is 18.3. The number of likely N-dealkylation sites (tertiary alicyclic amines) is 2. The summed E-state index contributed by atoms with van der Waals surface area (Å²) < 4.78 is 6.18. The van der Waals surface area contributed by atoms with Crippen molar-refractivity contribution in [3.05, 3.63) is 34.6 Å². The van der Waals surface area contributed by atoms with Gasteiger partial charge in [-0.2, -0.15) is 0 Å². The molecule has 5 rings (SSSR count). The van der Waals surface area contributed by atoms with Crippen LogP contribution in [-0.2, 0) is 9.59 Å². The van der Waals surface area contributed by atoms with Gasteiger partial charge in [-0.1, -0.05) is 11.6 Å². The summed E-state index contributed by atoms with van der Waals surface area (Å²) in [5, 5.41) is 0.266. The number of carbonyl (C=O) groups is 2. The number of nitrogens with zero attached hydrogens (tertiary/aromatic N) is 4. The van der Waals surface area contributed by atoms with Gasteiger partial charge in [-0.3, -0.25) is 14.6 Å². The van der Waals surface area contributed by atoms with Crippen LogP contribution < -0.4 is 4.74 Å². The smallest absolute Gasteiger partial charge is 0.225 e. The quantitative estimate of drug-likeness (QED) is 0.700. The molecule has 7 nitrogen and oxygen atoms in total. The van der Waals surface area contributed by atoms with Crippen LogP contribution in [0.5, 0.6) is 5.88 Å². The maximum atomic E-state index is 12.3. The van der Waals surface area contributed by atoms with Gasteiger partial charge in [0.1, 0.15) is 17.7 Å². The van der Waals surface area contributed by atoms with Crippen molar-refractivity contribution < 1.29 is 14.3 Å². The molecule has 4 heterocycles. The number of halogens is 1. The number of carbonyl (C=O) groups excluding carboxylic acids is 2. The molecule has 31 heavy (non-hydrogen) atoms. The first-order chi connectivity index (χ1) is 15.1. The molecule has 0 spiro atoms. The van der Waals surface area contributed by atoms with Crippen molar-refractivity contribution in [2.75, 3.05) is 32.7 Å². The van der Waals surface area contributed by atoms with Crippen molar-refractivity contribution >= 4 is 29.5 Å². The molecule has 0 N–H and O–H groups in total. The number of amides is 1. The van der Waals surface area contributed by atoms with Gasteiger partial charge < -0.3 is 14.5 Å². The molecular weight excluding hydrogens is 416 g/mol. The molecule has 1 aliphatic carbocycles. The average Bonchev–Trinajstić information content (AvgIpc) is 3.55. The fourth-order valence-electron chi connectivity index (χ4n) is 4.68. The van der Waals surface area contributed by atoms with Crippen LogP contribution in [0.3, 0.4) is 0 Å². The van der Waals surface area contributed by atoms with Crippen LogP contribution in [0, 0.1) is 5.92 Å². The summed E-state index contributed by atoms with van der Waals surface area (Å²) in [7, 11) is 0. The lowest BCUT2D eigenvalue weighted by molar-refractivity contribution is -0.133. The Balaban J connectivity index is 1.18. The van der Waals surface area contributed by atoms with Gasteiger partial charge in [0.25, 0.3) is 0 Å². The summed E-state index contributed by atoms with van der Waals surface area (Å²) in [5.41, 5.74) is 1.92. The minimum atomic E-state index is -0.136. The van der Waals surface area contributed by atoms with Gasteiger partial charge in [0.2, 0.25) is 11.8 Å². The summed E-state index contributed by atoms with van der Waals surface area (Å²) in [6, 6.07) is 4.11. The molecule has 164 valence electrons. The lowest BCUT2D eigenvalue weighted by Gasteiger charge is -2.32. The fraction of sp³-hybridized carbons (Fsp3) is 0.565. The van der Waals surface area contributed by atoms with Gasteiger partial charge in [-0.25, -0.2) is 4.98 Å². The molecule has 0 bridgehead atoms. The molecule has 1 atom stereocenters. The number of hydrogen-bond donors (Lipinski definition) is 0. The number of ketones is 1. The second kappa shape index (κ2) is 8.61. The molecule has 4 aliphatic rings. The molecule has 8 heteroatoms. The van der Waals surface area contributed by atoms with E-state index in [-0.39, 0.29) is 23.5 Å². The van der Waals surface area contributed by atoms with Crippen LogP contribution in [0.25, 0.3) is 0 Å².